The highest BCUT2D eigenvalue weighted by molar-refractivity contribution is 5.26. The van der Waals surface area contributed by atoms with Crippen LogP contribution in [0.3, 0.4) is 0 Å². The fourth-order valence-corrected chi connectivity index (χ4v) is 2.31. The maximum Gasteiger partial charge on any atom is 0.115 e. The van der Waals surface area contributed by atoms with E-state index in [2.05, 4.69) is 29.4 Å². The third-order valence-electron chi connectivity index (χ3n) is 3.53. The van der Waals surface area contributed by atoms with Crippen molar-refractivity contribution >= 4 is 0 Å². The number of aromatic nitrogens is 2. The van der Waals surface area contributed by atoms with Gasteiger partial charge in [0.1, 0.15) is 5.75 Å². The number of rotatable bonds is 7. The van der Waals surface area contributed by atoms with Crippen molar-refractivity contribution in [2.45, 2.75) is 39.2 Å². The normalized spacial score (nSPS) is 12.5. The van der Waals surface area contributed by atoms with Crippen molar-refractivity contribution in [3.8, 4) is 5.75 Å². The van der Waals surface area contributed by atoms with Crippen LogP contribution in [0.1, 0.15) is 30.2 Å². The highest BCUT2D eigenvalue weighted by Gasteiger charge is 2.04. The van der Waals surface area contributed by atoms with Crippen LogP contribution >= 0.6 is 0 Å². The molecule has 1 aromatic carbocycles. The summed E-state index contributed by atoms with van der Waals surface area (Å²) >= 11 is 0. The average Bonchev–Trinajstić information content (AvgIpc) is 2.83. The van der Waals surface area contributed by atoms with Gasteiger partial charge in [0.25, 0.3) is 0 Å². The number of benzene rings is 1. The van der Waals surface area contributed by atoms with E-state index < -0.39 is 0 Å². The van der Waals surface area contributed by atoms with Gasteiger partial charge < -0.3 is 10.4 Å². The fraction of sp³-hybridized carbons (Fsp3) is 0.438. The van der Waals surface area contributed by atoms with Gasteiger partial charge in [-0.05, 0) is 62.9 Å². The third-order valence-corrected chi connectivity index (χ3v) is 3.53. The average molecular weight is 273 g/mol. The number of aromatic hydroxyl groups is 1. The van der Waals surface area contributed by atoms with Crippen LogP contribution in [-0.4, -0.2) is 27.9 Å². The minimum atomic E-state index is 0.324. The summed E-state index contributed by atoms with van der Waals surface area (Å²) in [6.45, 7) is 5.25. The molecule has 1 heterocycles. The van der Waals surface area contributed by atoms with Gasteiger partial charge in [0, 0.05) is 11.7 Å². The molecule has 2 rings (SSSR count). The van der Waals surface area contributed by atoms with Gasteiger partial charge in [-0.2, -0.15) is 5.10 Å². The van der Waals surface area contributed by atoms with E-state index >= 15 is 0 Å². The topological polar surface area (TPSA) is 60.9 Å². The SMILES string of the molecule is Cc1[nH]ncc1CCCNC(C)Cc1ccc(O)cc1. The summed E-state index contributed by atoms with van der Waals surface area (Å²) in [5.74, 6) is 0.324. The molecule has 0 saturated heterocycles. The van der Waals surface area contributed by atoms with Crippen LogP contribution in [-0.2, 0) is 12.8 Å². The molecule has 0 aliphatic carbocycles. The molecule has 0 bridgehead atoms. The number of aromatic amines is 1. The Kier molecular flexibility index (Phi) is 5.18. The molecule has 0 aliphatic rings. The predicted molar refractivity (Wildman–Crippen MR) is 80.9 cm³/mol. The first kappa shape index (κ1) is 14.6. The number of aryl methyl sites for hydroxylation is 2. The molecular formula is C16H23N3O. The van der Waals surface area contributed by atoms with Crippen molar-refractivity contribution in [1.29, 1.82) is 0 Å². The molecule has 0 radical (unpaired) electrons. The summed E-state index contributed by atoms with van der Waals surface area (Å²) < 4.78 is 0. The first-order chi connectivity index (χ1) is 9.65. The number of phenols is 1. The fourth-order valence-electron chi connectivity index (χ4n) is 2.31. The summed E-state index contributed by atoms with van der Waals surface area (Å²) in [6.07, 6.45) is 5.06. The lowest BCUT2D eigenvalue weighted by molar-refractivity contribution is 0.474. The van der Waals surface area contributed by atoms with E-state index in [-0.39, 0.29) is 0 Å². The van der Waals surface area contributed by atoms with E-state index in [1.807, 2.05) is 18.3 Å². The van der Waals surface area contributed by atoms with Crippen LogP contribution in [0, 0.1) is 6.92 Å². The third kappa shape index (κ3) is 4.38. The number of hydrogen-bond donors (Lipinski definition) is 3. The predicted octanol–water partition coefficient (Wildman–Crippen LogP) is 2.58. The van der Waals surface area contributed by atoms with E-state index in [9.17, 15) is 5.11 Å². The summed E-state index contributed by atoms with van der Waals surface area (Å²) in [5.41, 5.74) is 3.72. The van der Waals surface area contributed by atoms with Crippen molar-refractivity contribution < 1.29 is 5.11 Å². The first-order valence-corrected chi connectivity index (χ1v) is 7.15. The second-order valence-electron chi connectivity index (χ2n) is 5.35. The van der Waals surface area contributed by atoms with Crippen LogP contribution in [0.25, 0.3) is 0 Å². The molecule has 2 aromatic rings. The van der Waals surface area contributed by atoms with Gasteiger partial charge in [0.05, 0.1) is 6.20 Å². The van der Waals surface area contributed by atoms with Gasteiger partial charge >= 0.3 is 0 Å². The molecule has 4 heteroatoms. The Bertz CT molecular complexity index is 519. The van der Waals surface area contributed by atoms with Crippen molar-refractivity contribution in [2.75, 3.05) is 6.54 Å². The van der Waals surface area contributed by atoms with Crippen LogP contribution in [0.15, 0.2) is 30.5 Å². The first-order valence-electron chi connectivity index (χ1n) is 7.15. The molecule has 1 unspecified atom stereocenters. The highest BCUT2D eigenvalue weighted by atomic mass is 16.3. The molecule has 4 nitrogen and oxygen atoms in total. The summed E-state index contributed by atoms with van der Waals surface area (Å²) in [7, 11) is 0. The Hall–Kier alpha value is -1.81. The number of nitrogens with one attached hydrogen (secondary N) is 2. The monoisotopic (exact) mass is 273 g/mol. The Morgan fingerprint density at radius 3 is 2.70 bits per heavy atom. The maximum absolute atomic E-state index is 9.25. The van der Waals surface area contributed by atoms with E-state index in [4.69, 9.17) is 0 Å². The minimum absolute atomic E-state index is 0.324. The Morgan fingerprint density at radius 2 is 2.05 bits per heavy atom. The molecule has 3 N–H and O–H groups in total. The standard InChI is InChI=1S/C16H23N3O/c1-12(10-14-5-7-16(20)8-6-14)17-9-3-4-15-11-18-19-13(15)2/h5-8,11-12,17,20H,3-4,9-10H2,1-2H3,(H,18,19). The minimum Gasteiger partial charge on any atom is -0.508 e. The summed E-state index contributed by atoms with van der Waals surface area (Å²) in [4.78, 5) is 0. The van der Waals surface area contributed by atoms with E-state index in [1.54, 1.807) is 12.1 Å². The van der Waals surface area contributed by atoms with Crippen molar-refractivity contribution in [2.24, 2.45) is 0 Å². The molecule has 0 amide bonds. The number of H-pyrrole nitrogens is 1. The van der Waals surface area contributed by atoms with Crippen LogP contribution in [0.5, 0.6) is 5.75 Å². The Balaban J connectivity index is 1.66. The van der Waals surface area contributed by atoms with Gasteiger partial charge in [-0.3, -0.25) is 5.10 Å². The lowest BCUT2D eigenvalue weighted by Gasteiger charge is -2.13. The molecule has 0 saturated carbocycles. The summed E-state index contributed by atoms with van der Waals surface area (Å²) in [5, 5.41) is 19.8. The smallest absolute Gasteiger partial charge is 0.115 e. The van der Waals surface area contributed by atoms with E-state index in [0.29, 0.717) is 11.8 Å². The second kappa shape index (κ2) is 7.10. The molecule has 1 atom stereocenters. The van der Waals surface area contributed by atoms with Gasteiger partial charge in [0.2, 0.25) is 0 Å². The quantitative estimate of drug-likeness (QED) is 0.679. The Labute approximate surface area is 120 Å². The van der Waals surface area contributed by atoms with Crippen molar-refractivity contribution in [1.82, 2.24) is 15.5 Å². The zero-order valence-corrected chi connectivity index (χ0v) is 12.2. The van der Waals surface area contributed by atoms with Crippen LogP contribution in [0.4, 0.5) is 0 Å². The Morgan fingerprint density at radius 1 is 1.30 bits per heavy atom. The van der Waals surface area contributed by atoms with Gasteiger partial charge in [-0.25, -0.2) is 0 Å². The van der Waals surface area contributed by atoms with Crippen LogP contribution in [0.2, 0.25) is 0 Å². The number of phenolic OH excluding ortho intramolecular Hbond substituents is 1. The molecular weight excluding hydrogens is 250 g/mol. The molecule has 108 valence electrons. The lowest BCUT2D eigenvalue weighted by atomic mass is 10.1. The largest absolute Gasteiger partial charge is 0.508 e. The molecule has 1 aromatic heterocycles. The van der Waals surface area contributed by atoms with Gasteiger partial charge in [-0.1, -0.05) is 12.1 Å². The second-order valence-corrected chi connectivity index (χ2v) is 5.35. The highest BCUT2D eigenvalue weighted by Crippen LogP contribution is 2.11. The van der Waals surface area contributed by atoms with Crippen molar-refractivity contribution in [3.05, 3.63) is 47.3 Å². The molecule has 0 fully saturated rings. The van der Waals surface area contributed by atoms with Gasteiger partial charge in [-0.15, -0.1) is 0 Å². The molecule has 20 heavy (non-hydrogen) atoms. The number of hydrogen-bond acceptors (Lipinski definition) is 3. The molecule has 0 spiro atoms. The maximum atomic E-state index is 9.25. The van der Waals surface area contributed by atoms with Crippen LogP contribution < -0.4 is 5.32 Å². The zero-order chi connectivity index (χ0) is 14.4. The van der Waals surface area contributed by atoms with E-state index in [0.717, 1.165) is 25.8 Å². The molecule has 0 aliphatic heterocycles. The van der Waals surface area contributed by atoms with Gasteiger partial charge in [0.15, 0.2) is 0 Å². The zero-order valence-electron chi connectivity index (χ0n) is 12.2. The number of nitrogens with zero attached hydrogens (tertiary/aromatic N) is 1. The lowest BCUT2D eigenvalue weighted by Crippen LogP contribution is -2.29. The van der Waals surface area contributed by atoms with E-state index in [1.165, 1.54) is 16.8 Å². The summed E-state index contributed by atoms with van der Waals surface area (Å²) in [6, 6.07) is 7.86. The van der Waals surface area contributed by atoms with Crippen molar-refractivity contribution in [3.63, 3.8) is 0 Å².